The molecule has 0 radical (unpaired) electrons. The molecule has 0 saturated carbocycles. The zero-order valence-corrected chi connectivity index (χ0v) is 14.6. The van der Waals surface area contributed by atoms with Crippen LogP contribution in [0.4, 0.5) is 4.39 Å². The van der Waals surface area contributed by atoms with Crippen LogP contribution in [-0.4, -0.2) is 37.5 Å². The Hall–Kier alpha value is -2.20. The van der Waals surface area contributed by atoms with E-state index in [2.05, 4.69) is 31.1 Å². The first-order valence-electron chi connectivity index (χ1n) is 8.33. The second-order valence-corrected chi connectivity index (χ2v) is 6.23. The van der Waals surface area contributed by atoms with Crippen LogP contribution in [0.1, 0.15) is 24.2 Å². The van der Waals surface area contributed by atoms with E-state index in [9.17, 15) is 9.18 Å². The number of amides is 1. The van der Waals surface area contributed by atoms with E-state index in [1.54, 1.807) is 36.4 Å². The summed E-state index contributed by atoms with van der Waals surface area (Å²) in [6, 6.07) is 13.7. The normalized spacial score (nSPS) is 12.2. The van der Waals surface area contributed by atoms with Gasteiger partial charge in [-0.1, -0.05) is 44.2 Å². The van der Waals surface area contributed by atoms with Gasteiger partial charge in [-0.3, -0.25) is 4.79 Å². The second kappa shape index (κ2) is 8.60. The number of halogens is 1. The molecule has 4 heteroatoms. The molecule has 3 nitrogen and oxygen atoms in total. The average molecular weight is 328 g/mol. The summed E-state index contributed by atoms with van der Waals surface area (Å²) in [5.74, 6) is -0.0425. The predicted octanol–water partition coefficient (Wildman–Crippen LogP) is 3.81. The average Bonchev–Trinajstić information content (AvgIpc) is 2.60. The summed E-state index contributed by atoms with van der Waals surface area (Å²) < 4.78 is 13.9. The highest BCUT2D eigenvalue weighted by molar-refractivity contribution is 5.95. The van der Waals surface area contributed by atoms with Gasteiger partial charge in [0.05, 0.1) is 0 Å². The Balaban J connectivity index is 2.03. The highest BCUT2D eigenvalue weighted by Crippen LogP contribution is 2.23. The molecule has 0 aliphatic rings. The van der Waals surface area contributed by atoms with Gasteiger partial charge in [-0.15, -0.1) is 0 Å². The Morgan fingerprint density at radius 3 is 2.67 bits per heavy atom. The van der Waals surface area contributed by atoms with Crippen LogP contribution in [0.3, 0.4) is 0 Å². The fourth-order valence-electron chi connectivity index (χ4n) is 2.62. The van der Waals surface area contributed by atoms with Crippen molar-refractivity contribution >= 4 is 5.91 Å². The number of hydrogen-bond acceptors (Lipinski definition) is 2. The van der Waals surface area contributed by atoms with Crippen LogP contribution in [0.25, 0.3) is 11.1 Å². The van der Waals surface area contributed by atoms with Gasteiger partial charge in [-0.2, -0.15) is 0 Å². The van der Waals surface area contributed by atoms with E-state index < -0.39 is 0 Å². The largest absolute Gasteiger partial charge is 0.352 e. The SMILES string of the molecule is CCN(C)CC(C)CNC(=O)c1cccc(-c2ccccc2F)c1. The number of nitrogens with one attached hydrogen (secondary N) is 1. The van der Waals surface area contributed by atoms with E-state index in [0.717, 1.165) is 13.1 Å². The molecule has 2 aromatic rings. The van der Waals surface area contributed by atoms with Crippen molar-refractivity contribution in [2.45, 2.75) is 13.8 Å². The van der Waals surface area contributed by atoms with Gasteiger partial charge in [0.1, 0.15) is 5.82 Å². The lowest BCUT2D eigenvalue weighted by Gasteiger charge is -2.20. The van der Waals surface area contributed by atoms with Gasteiger partial charge in [0.2, 0.25) is 0 Å². The first-order chi connectivity index (χ1) is 11.5. The molecule has 0 saturated heterocycles. The van der Waals surface area contributed by atoms with Crippen molar-refractivity contribution in [1.29, 1.82) is 0 Å². The second-order valence-electron chi connectivity index (χ2n) is 6.23. The Kier molecular flexibility index (Phi) is 6.50. The maximum Gasteiger partial charge on any atom is 0.251 e. The molecular weight excluding hydrogens is 303 g/mol. The summed E-state index contributed by atoms with van der Waals surface area (Å²) in [6.45, 7) is 6.77. The Morgan fingerprint density at radius 1 is 1.21 bits per heavy atom. The zero-order valence-electron chi connectivity index (χ0n) is 14.6. The van der Waals surface area contributed by atoms with E-state index in [-0.39, 0.29) is 11.7 Å². The number of nitrogens with zero attached hydrogens (tertiary/aromatic N) is 1. The third-order valence-corrected chi connectivity index (χ3v) is 4.08. The Labute approximate surface area is 143 Å². The molecule has 2 rings (SSSR count). The fourth-order valence-corrected chi connectivity index (χ4v) is 2.62. The highest BCUT2D eigenvalue weighted by atomic mass is 19.1. The monoisotopic (exact) mass is 328 g/mol. The first kappa shape index (κ1) is 18.1. The van der Waals surface area contributed by atoms with Gasteiger partial charge in [0, 0.05) is 24.2 Å². The lowest BCUT2D eigenvalue weighted by atomic mass is 10.0. The summed E-state index contributed by atoms with van der Waals surface area (Å²) in [5.41, 5.74) is 1.76. The molecule has 0 aliphatic heterocycles. The standard InChI is InChI=1S/C20H25FN2O/c1-4-23(3)14-15(2)13-22-20(24)17-9-7-8-16(12-17)18-10-5-6-11-19(18)21/h5-12,15H,4,13-14H2,1-3H3,(H,22,24). The number of carbonyl (C=O) groups is 1. The minimum Gasteiger partial charge on any atom is -0.352 e. The molecule has 0 spiro atoms. The van der Waals surface area contributed by atoms with Crippen molar-refractivity contribution < 1.29 is 9.18 Å². The summed E-state index contributed by atoms with van der Waals surface area (Å²) >= 11 is 0. The van der Waals surface area contributed by atoms with E-state index >= 15 is 0 Å². The molecule has 0 aliphatic carbocycles. The molecule has 0 heterocycles. The molecule has 1 unspecified atom stereocenters. The number of carbonyl (C=O) groups excluding carboxylic acids is 1. The van der Waals surface area contributed by atoms with Crippen LogP contribution in [0.15, 0.2) is 48.5 Å². The maximum atomic E-state index is 13.9. The third kappa shape index (κ3) is 4.90. The summed E-state index contributed by atoms with van der Waals surface area (Å²) in [5, 5.41) is 2.96. The molecule has 2 aromatic carbocycles. The zero-order chi connectivity index (χ0) is 17.5. The highest BCUT2D eigenvalue weighted by Gasteiger charge is 2.11. The number of hydrogen-bond donors (Lipinski definition) is 1. The fraction of sp³-hybridized carbons (Fsp3) is 0.350. The van der Waals surface area contributed by atoms with Crippen LogP contribution >= 0.6 is 0 Å². The smallest absolute Gasteiger partial charge is 0.251 e. The molecule has 128 valence electrons. The molecule has 24 heavy (non-hydrogen) atoms. The molecule has 1 atom stereocenters. The maximum absolute atomic E-state index is 13.9. The van der Waals surface area contributed by atoms with Crippen molar-refractivity contribution in [2.24, 2.45) is 5.92 Å². The minimum atomic E-state index is -0.286. The minimum absolute atomic E-state index is 0.126. The van der Waals surface area contributed by atoms with Crippen molar-refractivity contribution in [2.75, 3.05) is 26.7 Å². The predicted molar refractivity (Wildman–Crippen MR) is 96.5 cm³/mol. The lowest BCUT2D eigenvalue weighted by Crippen LogP contribution is -2.34. The van der Waals surface area contributed by atoms with Crippen molar-refractivity contribution in [1.82, 2.24) is 10.2 Å². The summed E-state index contributed by atoms with van der Waals surface area (Å²) in [7, 11) is 2.07. The lowest BCUT2D eigenvalue weighted by molar-refractivity contribution is 0.0945. The van der Waals surface area contributed by atoms with Gasteiger partial charge in [0.15, 0.2) is 0 Å². The van der Waals surface area contributed by atoms with E-state index in [0.29, 0.717) is 29.2 Å². The molecule has 0 fully saturated rings. The van der Waals surface area contributed by atoms with Crippen LogP contribution in [0.2, 0.25) is 0 Å². The molecule has 0 bridgehead atoms. The van der Waals surface area contributed by atoms with Gasteiger partial charge < -0.3 is 10.2 Å². The van der Waals surface area contributed by atoms with Crippen molar-refractivity contribution in [3.05, 3.63) is 59.9 Å². The molecule has 1 N–H and O–H groups in total. The quantitative estimate of drug-likeness (QED) is 0.838. The topological polar surface area (TPSA) is 32.3 Å². The van der Waals surface area contributed by atoms with Crippen LogP contribution in [-0.2, 0) is 0 Å². The first-order valence-corrected chi connectivity index (χ1v) is 8.33. The van der Waals surface area contributed by atoms with Crippen molar-refractivity contribution in [3.63, 3.8) is 0 Å². The molecular formula is C20H25FN2O. The van der Waals surface area contributed by atoms with Gasteiger partial charge in [-0.05, 0) is 43.3 Å². The van der Waals surface area contributed by atoms with Crippen LogP contribution in [0, 0.1) is 11.7 Å². The number of rotatable bonds is 7. The molecule has 1 amide bonds. The third-order valence-electron chi connectivity index (χ3n) is 4.08. The summed E-state index contributed by atoms with van der Waals surface area (Å²) in [6.07, 6.45) is 0. The Morgan fingerprint density at radius 2 is 1.96 bits per heavy atom. The number of benzene rings is 2. The van der Waals surface area contributed by atoms with Gasteiger partial charge >= 0.3 is 0 Å². The van der Waals surface area contributed by atoms with Gasteiger partial charge in [-0.25, -0.2) is 4.39 Å². The van der Waals surface area contributed by atoms with Gasteiger partial charge in [0.25, 0.3) is 5.91 Å². The van der Waals surface area contributed by atoms with Crippen LogP contribution in [0.5, 0.6) is 0 Å². The summed E-state index contributed by atoms with van der Waals surface area (Å²) in [4.78, 5) is 14.6. The molecule has 0 aromatic heterocycles. The van der Waals surface area contributed by atoms with Crippen LogP contribution < -0.4 is 5.32 Å². The van der Waals surface area contributed by atoms with E-state index in [1.807, 2.05) is 6.07 Å². The Bertz CT molecular complexity index is 687. The van der Waals surface area contributed by atoms with Crippen molar-refractivity contribution in [3.8, 4) is 11.1 Å². The van der Waals surface area contributed by atoms with E-state index in [1.165, 1.54) is 6.07 Å². The van der Waals surface area contributed by atoms with E-state index in [4.69, 9.17) is 0 Å².